The Bertz CT molecular complexity index is 1110. The fraction of sp³-hybridized carbons (Fsp3) is 0.250. The third-order valence-electron chi connectivity index (χ3n) is 5.59. The summed E-state index contributed by atoms with van der Waals surface area (Å²) in [4.78, 5) is 23.8. The Morgan fingerprint density at radius 1 is 1.09 bits per heavy atom. The number of carboxylic acid groups (broad SMARTS) is 1. The number of benzene rings is 2. The van der Waals surface area contributed by atoms with Gasteiger partial charge in [-0.3, -0.25) is 15.5 Å². The molecule has 2 aromatic rings. The molecule has 0 saturated carbocycles. The van der Waals surface area contributed by atoms with Gasteiger partial charge in [-0.25, -0.2) is 4.79 Å². The normalized spacial score (nSPS) is 17.7. The van der Waals surface area contributed by atoms with Crippen molar-refractivity contribution in [1.82, 2.24) is 4.90 Å². The van der Waals surface area contributed by atoms with E-state index in [2.05, 4.69) is 21.5 Å². The largest absolute Gasteiger partial charge is 0.478 e. The van der Waals surface area contributed by atoms with Crippen molar-refractivity contribution in [1.29, 1.82) is 0 Å². The van der Waals surface area contributed by atoms with Gasteiger partial charge in [0.25, 0.3) is 5.69 Å². The Balaban J connectivity index is 1.56. The van der Waals surface area contributed by atoms with Gasteiger partial charge >= 0.3 is 5.97 Å². The van der Waals surface area contributed by atoms with E-state index in [1.54, 1.807) is 24.3 Å². The van der Waals surface area contributed by atoms with Crippen LogP contribution in [-0.4, -0.2) is 53.4 Å². The van der Waals surface area contributed by atoms with E-state index >= 15 is 0 Å². The number of morpholine rings is 1. The highest BCUT2D eigenvalue weighted by atomic mass is 16.6. The summed E-state index contributed by atoms with van der Waals surface area (Å²) in [5.41, 5.74) is 8.25. The number of rotatable bonds is 7. The molecule has 1 saturated heterocycles. The monoisotopic (exact) mass is 448 g/mol. The number of allylic oxidation sites excluding steroid dienone is 2. The highest BCUT2D eigenvalue weighted by Gasteiger charge is 2.25. The molecule has 1 aliphatic heterocycles. The molecule has 4 rings (SSSR count). The smallest absolute Gasteiger partial charge is 0.335 e. The molecule has 1 fully saturated rings. The van der Waals surface area contributed by atoms with Gasteiger partial charge in [-0.15, -0.1) is 0 Å². The molecular formula is C24H24N4O5. The lowest BCUT2D eigenvalue weighted by atomic mass is 10.1. The molecule has 9 nitrogen and oxygen atoms in total. The highest BCUT2D eigenvalue weighted by molar-refractivity contribution is 5.88. The molecule has 1 aliphatic carbocycles. The summed E-state index contributed by atoms with van der Waals surface area (Å²) in [5.74, 6) is -0.969. The molecule has 0 spiro atoms. The first-order valence-corrected chi connectivity index (χ1v) is 10.6. The van der Waals surface area contributed by atoms with Gasteiger partial charge in [0.2, 0.25) is 0 Å². The van der Waals surface area contributed by atoms with Crippen LogP contribution < -0.4 is 5.43 Å². The molecule has 0 bridgehead atoms. The molecule has 1 heterocycles. The average Bonchev–Trinajstić information content (AvgIpc) is 3.22. The highest BCUT2D eigenvalue weighted by Crippen LogP contribution is 2.35. The maximum atomic E-state index is 11.0. The first-order valence-electron chi connectivity index (χ1n) is 10.6. The van der Waals surface area contributed by atoms with E-state index in [1.165, 1.54) is 24.3 Å². The van der Waals surface area contributed by atoms with Crippen LogP contribution in [0.15, 0.2) is 70.5 Å². The Morgan fingerprint density at radius 3 is 2.42 bits per heavy atom. The number of nitrogens with zero attached hydrogens (tertiary/aromatic N) is 3. The molecule has 33 heavy (non-hydrogen) atoms. The molecule has 0 unspecified atom stereocenters. The van der Waals surface area contributed by atoms with Crippen molar-refractivity contribution in [3.63, 3.8) is 0 Å². The van der Waals surface area contributed by atoms with Gasteiger partial charge in [0.05, 0.1) is 35.6 Å². The maximum Gasteiger partial charge on any atom is 0.335 e. The number of hydrogen-bond donors (Lipinski definition) is 2. The van der Waals surface area contributed by atoms with Crippen molar-refractivity contribution in [2.24, 2.45) is 5.10 Å². The summed E-state index contributed by atoms with van der Waals surface area (Å²) in [6, 6.07) is 13.0. The van der Waals surface area contributed by atoms with E-state index in [1.807, 2.05) is 6.21 Å². The van der Waals surface area contributed by atoms with Crippen LogP contribution in [-0.2, 0) is 4.74 Å². The van der Waals surface area contributed by atoms with Gasteiger partial charge < -0.3 is 14.7 Å². The Hall–Kier alpha value is -3.98. The number of non-ortho nitro benzene ring substituents is 1. The molecule has 0 aromatic heterocycles. The lowest BCUT2D eigenvalue weighted by Gasteiger charge is -2.31. The zero-order valence-corrected chi connectivity index (χ0v) is 17.9. The van der Waals surface area contributed by atoms with Crippen molar-refractivity contribution >= 4 is 29.6 Å². The lowest BCUT2D eigenvalue weighted by Crippen LogP contribution is -2.36. The lowest BCUT2D eigenvalue weighted by molar-refractivity contribution is -0.384. The zero-order chi connectivity index (χ0) is 23.2. The second-order valence-electron chi connectivity index (χ2n) is 7.74. The van der Waals surface area contributed by atoms with Gasteiger partial charge in [-0.1, -0.05) is 0 Å². The molecule has 0 radical (unpaired) electrons. The second-order valence-corrected chi connectivity index (χ2v) is 7.74. The van der Waals surface area contributed by atoms with Crippen LogP contribution in [0.2, 0.25) is 0 Å². The van der Waals surface area contributed by atoms with Gasteiger partial charge in [-0.05, 0) is 72.0 Å². The summed E-state index contributed by atoms with van der Waals surface area (Å²) < 4.78 is 5.51. The third-order valence-corrected chi connectivity index (χ3v) is 5.59. The second kappa shape index (κ2) is 10.1. The Kier molecular flexibility index (Phi) is 6.80. The van der Waals surface area contributed by atoms with Gasteiger partial charge in [-0.2, -0.15) is 5.10 Å². The van der Waals surface area contributed by atoms with Crippen molar-refractivity contribution in [3.05, 3.63) is 86.6 Å². The number of ether oxygens (including phenoxy) is 1. The average molecular weight is 448 g/mol. The standard InChI is InChI=1S/C24H24N4O5/c29-24(30)18-5-7-21(8-6-18)26-25-16-20-4-3-19(23(20)27-11-13-33-14-12-27)15-17-1-9-22(10-2-17)28(31)32/h1-2,5-10,15-16,26H,3-4,11-14H2,(H,29,30)/b19-15-,25-16+. The number of nitrogens with one attached hydrogen (secondary N) is 1. The van der Waals surface area contributed by atoms with E-state index in [4.69, 9.17) is 9.84 Å². The van der Waals surface area contributed by atoms with Gasteiger partial charge in [0.15, 0.2) is 0 Å². The fourth-order valence-electron chi connectivity index (χ4n) is 3.94. The minimum absolute atomic E-state index is 0.0720. The van der Waals surface area contributed by atoms with Crippen molar-refractivity contribution in [2.45, 2.75) is 12.8 Å². The molecule has 0 amide bonds. The molecule has 170 valence electrons. The Morgan fingerprint density at radius 2 is 1.79 bits per heavy atom. The van der Waals surface area contributed by atoms with E-state index in [-0.39, 0.29) is 11.3 Å². The number of aromatic carboxylic acids is 1. The van der Waals surface area contributed by atoms with Crippen LogP contribution in [0.5, 0.6) is 0 Å². The molecule has 2 aliphatic rings. The van der Waals surface area contributed by atoms with Crippen molar-refractivity contribution in [3.8, 4) is 0 Å². The van der Waals surface area contributed by atoms with Crippen LogP contribution in [0.3, 0.4) is 0 Å². The molecular weight excluding hydrogens is 424 g/mol. The predicted octanol–water partition coefficient (Wildman–Crippen LogP) is 4.15. The summed E-state index contributed by atoms with van der Waals surface area (Å²) in [7, 11) is 0. The van der Waals surface area contributed by atoms with E-state index in [0.29, 0.717) is 18.9 Å². The van der Waals surface area contributed by atoms with Crippen LogP contribution in [0.4, 0.5) is 11.4 Å². The number of carboxylic acids is 1. The number of anilines is 1. The first-order chi connectivity index (χ1) is 16.0. The number of hydrogen-bond acceptors (Lipinski definition) is 7. The minimum atomic E-state index is -0.969. The fourth-order valence-corrected chi connectivity index (χ4v) is 3.94. The van der Waals surface area contributed by atoms with Crippen LogP contribution in [0, 0.1) is 10.1 Å². The SMILES string of the molecule is O=C(O)c1ccc(N/N=C/C2=C(N3CCOCC3)C(=C\c3ccc([N+](=O)[O-])cc3)/CC2)cc1. The van der Waals surface area contributed by atoms with E-state index in [0.717, 1.165) is 48.3 Å². The summed E-state index contributed by atoms with van der Waals surface area (Å²) in [6.45, 7) is 2.89. The van der Waals surface area contributed by atoms with Gasteiger partial charge in [0.1, 0.15) is 0 Å². The Labute approximate surface area is 190 Å². The number of hydrazone groups is 1. The minimum Gasteiger partial charge on any atom is -0.478 e. The number of carbonyl (C=O) groups is 1. The summed E-state index contributed by atoms with van der Waals surface area (Å²) in [5, 5.41) is 24.3. The molecule has 9 heteroatoms. The molecule has 2 aromatic carbocycles. The van der Waals surface area contributed by atoms with Crippen molar-refractivity contribution < 1.29 is 19.6 Å². The molecule has 0 atom stereocenters. The van der Waals surface area contributed by atoms with E-state index < -0.39 is 10.9 Å². The molecule has 2 N–H and O–H groups in total. The number of nitro groups is 1. The zero-order valence-electron chi connectivity index (χ0n) is 17.9. The van der Waals surface area contributed by atoms with Gasteiger partial charge in [0, 0.05) is 30.9 Å². The van der Waals surface area contributed by atoms with Crippen LogP contribution in [0.25, 0.3) is 6.08 Å². The topological polar surface area (TPSA) is 117 Å². The summed E-state index contributed by atoms with van der Waals surface area (Å²) in [6.07, 6.45) is 5.56. The van der Waals surface area contributed by atoms with Crippen molar-refractivity contribution in [2.75, 3.05) is 31.7 Å². The van der Waals surface area contributed by atoms with Crippen LogP contribution >= 0.6 is 0 Å². The number of nitro benzene ring substituents is 1. The third kappa shape index (κ3) is 5.45. The first kappa shape index (κ1) is 22.2. The van der Waals surface area contributed by atoms with Crippen LogP contribution in [0.1, 0.15) is 28.8 Å². The predicted molar refractivity (Wildman–Crippen MR) is 125 cm³/mol. The summed E-state index contributed by atoms with van der Waals surface area (Å²) >= 11 is 0. The quantitative estimate of drug-likeness (QED) is 0.371. The maximum absolute atomic E-state index is 11.0. The van der Waals surface area contributed by atoms with E-state index in [9.17, 15) is 14.9 Å².